The van der Waals surface area contributed by atoms with Crippen LogP contribution in [0.15, 0.2) is 35.7 Å². The van der Waals surface area contributed by atoms with Crippen molar-refractivity contribution in [3.05, 3.63) is 35.7 Å². The van der Waals surface area contributed by atoms with Gasteiger partial charge in [0.25, 0.3) is 0 Å². The van der Waals surface area contributed by atoms with E-state index in [0.29, 0.717) is 0 Å². The monoisotopic (exact) mass is 135 g/mol. The van der Waals surface area contributed by atoms with Crippen molar-refractivity contribution in [1.82, 2.24) is 4.90 Å². The predicted molar refractivity (Wildman–Crippen MR) is 44.4 cm³/mol. The molecule has 0 aromatic heterocycles. The van der Waals surface area contributed by atoms with E-state index in [4.69, 9.17) is 0 Å². The molecule has 0 unspecified atom stereocenters. The largest absolute Gasteiger partial charge is 0.352 e. The first-order chi connectivity index (χ1) is 4.61. The second kappa shape index (κ2) is 2.33. The summed E-state index contributed by atoms with van der Waals surface area (Å²) in [6.07, 6.45) is 4.15. The molecular formula is C9H13N. The lowest BCUT2D eigenvalue weighted by Crippen LogP contribution is -2.16. The molecule has 0 radical (unpaired) electrons. The van der Waals surface area contributed by atoms with Crippen LogP contribution in [0.2, 0.25) is 0 Å². The zero-order chi connectivity index (χ0) is 7.72. The van der Waals surface area contributed by atoms with Gasteiger partial charge in [0.1, 0.15) is 0 Å². The molecule has 0 aliphatic carbocycles. The van der Waals surface area contributed by atoms with Gasteiger partial charge >= 0.3 is 0 Å². The summed E-state index contributed by atoms with van der Waals surface area (Å²) in [4.78, 5) is 2.15. The van der Waals surface area contributed by atoms with Crippen LogP contribution in [0.1, 0.15) is 13.8 Å². The van der Waals surface area contributed by atoms with Crippen LogP contribution in [-0.2, 0) is 0 Å². The van der Waals surface area contributed by atoms with Gasteiger partial charge in [0.15, 0.2) is 0 Å². The van der Waals surface area contributed by atoms with Gasteiger partial charge in [0.2, 0.25) is 0 Å². The first kappa shape index (κ1) is 7.13. The van der Waals surface area contributed by atoms with E-state index < -0.39 is 0 Å². The number of hydrogen-bond donors (Lipinski definition) is 0. The second-order valence-corrected chi connectivity index (χ2v) is 2.71. The Bertz CT molecular complexity index is 199. The Kier molecular flexibility index (Phi) is 1.66. The van der Waals surface area contributed by atoms with E-state index in [9.17, 15) is 0 Å². The van der Waals surface area contributed by atoms with Crippen molar-refractivity contribution >= 4 is 0 Å². The predicted octanol–water partition coefficient (Wildman–Crippen LogP) is 2.30. The summed E-state index contributed by atoms with van der Waals surface area (Å²) in [7, 11) is 2.06. The molecule has 0 saturated heterocycles. The highest BCUT2D eigenvalue weighted by Gasteiger charge is 2.05. The quantitative estimate of drug-likeness (QED) is 0.492. The van der Waals surface area contributed by atoms with Crippen LogP contribution < -0.4 is 0 Å². The van der Waals surface area contributed by atoms with E-state index in [1.165, 1.54) is 11.4 Å². The molecule has 1 aliphatic heterocycles. The van der Waals surface area contributed by atoms with E-state index in [1.54, 1.807) is 0 Å². The number of allylic oxidation sites excluding steroid dienone is 5. The van der Waals surface area contributed by atoms with Crippen molar-refractivity contribution in [3.63, 3.8) is 0 Å². The Balaban J connectivity index is 2.93. The molecule has 0 bridgehead atoms. The molecule has 0 fully saturated rings. The molecular weight excluding hydrogens is 122 g/mol. The van der Waals surface area contributed by atoms with Gasteiger partial charge in [-0.2, -0.15) is 0 Å². The molecule has 0 N–H and O–H groups in total. The van der Waals surface area contributed by atoms with Gasteiger partial charge in [-0.05, 0) is 31.6 Å². The molecule has 0 amide bonds. The van der Waals surface area contributed by atoms with Gasteiger partial charge < -0.3 is 4.90 Å². The number of hydrogen-bond acceptors (Lipinski definition) is 1. The minimum atomic E-state index is 1.09. The smallest absolute Gasteiger partial charge is 0.0148 e. The highest BCUT2D eigenvalue weighted by molar-refractivity contribution is 5.37. The van der Waals surface area contributed by atoms with Crippen molar-refractivity contribution in [1.29, 1.82) is 0 Å². The van der Waals surface area contributed by atoms with Gasteiger partial charge in [-0.3, -0.25) is 0 Å². The van der Waals surface area contributed by atoms with Gasteiger partial charge in [-0.1, -0.05) is 6.58 Å². The summed E-state index contributed by atoms with van der Waals surface area (Å²) >= 11 is 0. The zero-order valence-corrected chi connectivity index (χ0v) is 6.81. The highest BCUT2D eigenvalue weighted by Crippen LogP contribution is 2.18. The van der Waals surface area contributed by atoms with Crippen LogP contribution in [-0.4, -0.2) is 11.9 Å². The molecule has 0 atom stereocenters. The summed E-state index contributed by atoms with van der Waals surface area (Å²) in [5.41, 5.74) is 3.60. The lowest BCUT2D eigenvalue weighted by atomic mass is 10.1. The van der Waals surface area contributed by atoms with Crippen LogP contribution in [0.4, 0.5) is 0 Å². The van der Waals surface area contributed by atoms with Gasteiger partial charge in [0.05, 0.1) is 0 Å². The fraction of sp³-hybridized carbons (Fsp3) is 0.333. The van der Waals surface area contributed by atoms with Crippen molar-refractivity contribution in [3.8, 4) is 0 Å². The molecule has 54 valence electrons. The molecule has 1 rings (SSSR count). The molecule has 0 saturated carbocycles. The first-order valence-corrected chi connectivity index (χ1v) is 3.40. The molecule has 0 aromatic carbocycles. The van der Waals surface area contributed by atoms with Gasteiger partial charge in [-0.25, -0.2) is 0 Å². The Morgan fingerprint density at radius 2 is 1.60 bits per heavy atom. The maximum absolute atomic E-state index is 3.87. The summed E-state index contributed by atoms with van der Waals surface area (Å²) in [5, 5.41) is 0. The fourth-order valence-electron chi connectivity index (χ4n) is 1.05. The summed E-state index contributed by atoms with van der Waals surface area (Å²) in [6.45, 7) is 8.04. The molecule has 1 aliphatic rings. The summed E-state index contributed by atoms with van der Waals surface area (Å²) in [6, 6.07) is 0. The Labute approximate surface area is 62.3 Å². The summed E-state index contributed by atoms with van der Waals surface area (Å²) < 4.78 is 0. The van der Waals surface area contributed by atoms with Crippen molar-refractivity contribution in [2.75, 3.05) is 7.05 Å². The van der Waals surface area contributed by atoms with Crippen LogP contribution in [0.5, 0.6) is 0 Å². The minimum absolute atomic E-state index is 1.09. The van der Waals surface area contributed by atoms with E-state index in [2.05, 4.69) is 44.5 Å². The normalized spacial score (nSPS) is 18.7. The van der Waals surface area contributed by atoms with Crippen LogP contribution in [0.3, 0.4) is 0 Å². The number of nitrogens with zero attached hydrogens (tertiary/aromatic N) is 1. The van der Waals surface area contributed by atoms with Crippen molar-refractivity contribution in [2.45, 2.75) is 13.8 Å². The summed E-state index contributed by atoms with van der Waals surface area (Å²) in [5.74, 6) is 0. The minimum Gasteiger partial charge on any atom is -0.352 e. The van der Waals surface area contributed by atoms with E-state index in [1.807, 2.05) is 0 Å². The molecule has 10 heavy (non-hydrogen) atoms. The fourth-order valence-corrected chi connectivity index (χ4v) is 1.05. The van der Waals surface area contributed by atoms with Crippen molar-refractivity contribution < 1.29 is 0 Å². The third-order valence-electron chi connectivity index (χ3n) is 1.85. The van der Waals surface area contributed by atoms with Crippen LogP contribution >= 0.6 is 0 Å². The van der Waals surface area contributed by atoms with E-state index in [-0.39, 0.29) is 0 Å². The second-order valence-electron chi connectivity index (χ2n) is 2.71. The van der Waals surface area contributed by atoms with Crippen LogP contribution in [0.25, 0.3) is 0 Å². The average molecular weight is 135 g/mol. The van der Waals surface area contributed by atoms with Crippen LogP contribution in [0, 0.1) is 0 Å². The third-order valence-corrected chi connectivity index (χ3v) is 1.85. The Morgan fingerprint density at radius 3 is 2.00 bits per heavy atom. The van der Waals surface area contributed by atoms with Crippen molar-refractivity contribution in [2.24, 2.45) is 0 Å². The average Bonchev–Trinajstić information content (AvgIpc) is 1.82. The third kappa shape index (κ3) is 1.13. The van der Waals surface area contributed by atoms with E-state index >= 15 is 0 Å². The lowest BCUT2D eigenvalue weighted by molar-refractivity contribution is 0.515. The Hall–Kier alpha value is -0.980. The number of rotatable bonds is 0. The van der Waals surface area contributed by atoms with E-state index in [0.717, 1.165) is 5.57 Å². The van der Waals surface area contributed by atoms with Gasteiger partial charge in [0, 0.05) is 18.4 Å². The molecule has 0 spiro atoms. The maximum atomic E-state index is 3.87. The van der Waals surface area contributed by atoms with Gasteiger partial charge in [-0.15, -0.1) is 0 Å². The standard InChI is InChI=1S/C9H13N/c1-7-5-8(2)10(4)9(3)6-7/h5-6H,1H2,2-4H3. The first-order valence-electron chi connectivity index (χ1n) is 3.40. The topological polar surface area (TPSA) is 3.24 Å². The highest BCUT2D eigenvalue weighted by atomic mass is 15.1. The molecule has 1 nitrogen and oxygen atoms in total. The maximum Gasteiger partial charge on any atom is 0.0148 e. The Morgan fingerprint density at radius 1 is 1.20 bits per heavy atom. The lowest BCUT2D eigenvalue weighted by Gasteiger charge is -2.24. The zero-order valence-electron chi connectivity index (χ0n) is 6.81. The molecule has 0 aromatic rings. The molecule has 1 heteroatoms. The SMILES string of the molecule is C=C1C=C(C)N(C)C(C)=C1. The molecule has 1 heterocycles.